The van der Waals surface area contributed by atoms with Crippen molar-refractivity contribution in [2.24, 2.45) is 11.3 Å². The van der Waals surface area contributed by atoms with Crippen LogP contribution in [0, 0.1) is 11.3 Å². The summed E-state index contributed by atoms with van der Waals surface area (Å²) in [6.07, 6.45) is 2.58. The van der Waals surface area contributed by atoms with Gasteiger partial charge in [0.15, 0.2) is 0 Å². The fourth-order valence-corrected chi connectivity index (χ4v) is 2.40. The van der Waals surface area contributed by atoms with Crippen LogP contribution in [0.1, 0.15) is 18.1 Å². The molecule has 0 saturated carbocycles. The van der Waals surface area contributed by atoms with E-state index in [1.54, 1.807) is 0 Å². The molecule has 0 saturated heterocycles. The Morgan fingerprint density at radius 2 is 1.93 bits per heavy atom. The van der Waals surface area contributed by atoms with Gasteiger partial charge in [0, 0.05) is 12.0 Å². The van der Waals surface area contributed by atoms with Gasteiger partial charge in [-0.25, -0.2) is 0 Å². The molecular formula is C13H16O2. The first-order valence-corrected chi connectivity index (χ1v) is 5.36. The zero-order valence-corrected chi connectivity index (χ0v) is 8.94. The number of fused-ring (bicyclic) bond motifs is 1. The third-order valence-corrected chi connectivity index (χ3v) is 3.65. The molecule has 0 bridgehead atoms. The predicted octanol–water partition coefficient (Wildman–Crippen LogP) is 1.60. The minimum absolute atomic E-state index is 0.0300. The average molecular weight is 204 g/mol. The molecule has 0 spiro atoms. The van der Waals surface area contributed by atoms with Gasteiger partial charge in [0.2, 0.25) is 0 Å². The molecule has 2 rings (SSSR count). The van der Waals surface area contributed by atoms with Crippen molar-refractivity contribution < 1.29 is 9.90 Å². The van der Waals surface area contributed by atoms with E-state index < -0.39 is 0 Å². The van der Waals surface area contributed by atoms with Gasteiger partial charge in [-0.3, -0.25) is 0 Å². The van der Waals surface area contributed by atoms with Crippen LogP contribution in [0.4, 0.5) is 0 Å². The smallest absolute Gasteiger partial charge is 0.127 e. The monoisotopic (exact) mass is 204 g/mol. The van der Waals surface area contributed by atoms with E-state index in [4.69, 9.17) is 0 Å². The number of carbonyl (C=O) groups is 1. The van der Waals surface area contributed by atoms with Crippen molar-refractivity contribution in [2.45, 2.75) is 19.8 Å². The van der Waals surface area contributed by atoms with Crippen molar-refractivity contribution in [1.82, 2.24) is 0 Å². The van der Waals surface area contributed by atoms with E-state index in [0.717, 1.165) is 19.1 Å². The van der Waals surface area contributed by atoms with E-state index in [0.29, 0.717) is 0 Å². The molecule has 0 heterocycles. The third kappa shape index (κ3) is 1.59. The van der Waals surface area contributed by atoms with Gasteiger partial charge < -0.3 is 9.90 Å². The first-order valence-electron chi connectivity index (χ1n) is 5.36. The number of hydrogen-bond donors (Lipinski definition) is 1. The first-order chi connectivity index (χ1) is 7.22. The van der Waals surface area contributed by atoms with Gasteiger partial charge in [0.25, 0.3) is 0 Å². The van der Waals surface area contributed by atoms with Crippen LogP contribution in [0.25, 0.3) is 0 Å². The van der Waals surface area contributed by atoms with E-state index in [-0.39, 0.29) is 17.9 Å². The lowest BCUT2D eigenvalue weighted by atomic mass is 9.75. The zero-order valence-electron chi connectivity index (χ0n) is 8.94. The molecule has 2 nitrogen and oxygen atoms in total. The molecule has 0 fully saturated rings. The maximum Gasteiger partial charge on any atom is 0.127 e. The molecule has 1 aliphatic rings. The molecular weight excluding hydrogens is 188 g/mol. The van der Waals surface area contributed by atoms with Crippen molar-refractivity contribution in [3.8, 4) is 0 Å². The fraction of sp³-hybridized carbons (Fsp3) is 0.462. The summed E-state index contributed by atoms with van der Waals surface area (Å²) in [5.74, 6) is 0.0300. The van der Waals surface area contributed by atoms with E-state index in [2.05, 4.69) is 12.1 Å². The van der Waals surface area contributed by atoms with Crippen LogP contribution < -0.4 is 0 Å². The highest BCUT2D eigenvalue weighted by atomic mass is 16.3. The number of aliphatic hydroxyl groups excluding tert-OH is 1. The summed E-state index contributed by atoms with van der Waals surface area (Å²) in [4.78, 5) is 11.3. The van der Waals surface area contributed by atoms with Gasteiger partial charge in [-0.05, 0) is 29.9 Å². The Kier molecular flexibility index (Phi) is 2.61. The van der Waals surface area contributed by atoms with Crippen LogP contribution in [0.15, 0.2) is 24.3 Å². The lowest BCUT2D eigenvalue weighted by Gasteiger charge is -2.28. The van der Waals surface area contributed by atoms with Gasteiger partial charge in [0.05, 0.1) is 0 Å². The second-order valence-electron chi connectivity index (χ2n) is 4.56. The summed E-state index contributed by atoms with van der Waals surface area (Å²) in [7, 11) is 0. The number of benzene rings is 1. The predicted molar refractivity (Wildman–Crippen MR) is 58.6 cm³/mol. The Balaban J connectivity index is 2.33. The second kappa shape index (κ2) is 3.78. The van der Waals surface area contributed by atoms with Gasteiger partial charge >= 0.3 is 0 Å². The third-order valence-electron chi connectivity index (χ3n) is 3.65. The van der Waals surface area contributed by atoms with Crippen LogP contribution in [0.5, 0.6) is 0 Å². The van der Waals surface area contributed by atoms with Crippen molar-refractivity contribution in [2.75, 3.05) is 6.61 Å². The van der Waals surface area contributed by atoms with Gasteiger partial charge in [-0.1, -0.05) is 31.2 Å². The Labute approximate surface area is 89.9 Å². The molecule has 1 N–H and O–H groups in total. The molecule has 15 heavy (non-hydrogen) atoms. The standard InChI is InChI=1S/C13H16O2/c1-10(8-14)13(9-15)6-11-4-2-3-5-12(11)7-13/h2-5,9-10,14H,6-8H2,1H3. The molecule has 1 unspecified atom stereocenters. The van der Waals surface area contributed by atoms with E-state index >= 15 is 0 Å². The van der Waals surface area contributed by atoms with E-state index in [1.807, 2.05) is 19.1 Å². The number of hydrogen-bond acceptors (Lipinski definition) is 2. The van der Waals surface area contributed by atoms with Gasteiger partial charge in [0.1, 0.15) is 6.29 Å². The highest BCUT2D eigenvalue weighted by Crippen LogP contribution is 2.40. The number of rotatable bonds is 3. The zero-order chi connectivity index (χ0) is 10.9. The highest BCUT2D eigenvalue weighted by Gasteiger charge is 2.41. The van der Waals surface area contributed by atoms with Crippen LogP contribution in [-0.4, -0.2) is 18.0 Å². The molecule has 0 aromatic heterocycles. The van der Waals surface area contributed by atoms with Gasteiger partial charge in [-0.15, -0.1) is 0 Å². The number of aldehydes is 1. The normalized spacial score (nSPS) is 19.6. The minimum atomic E-state index is -0.377. The largest absolute Gasteiger partial charge is 0.396 e. The summed E-state index contributed by atoms with van der Waals surface area (Å²) in [6.45, 7) is 2.02. The Morgan fingerprint density at radius 1 is 1.40 bits per heavy atom. The molecule has 0 amide bonds. The summed E-state index contributed by atoms with van der Waals surface area (Å²) >= 11 is 0. The van der Waals surface area contributed by atoms with Crippen molar-refractivity contribution >= 4 is 6.29 Å². The summed E-state index contributed by atoms with van der Waals surface area (Å²) < 4.78 is 0. The molecule has 0 aliphatic heterocycles. The highest BCUT2D eigenvalue weighted by molar-refractivity contribution is 5.64. The molecule has 1 aliphatic carbocycles. The number of carbonyl (C=O) groups excluding carboxylic acids is 1. The molecule has 1 aromatic rings. The fourth-order valence-electron chi connectivity index (χ4n) is 2.40. The first kappa shape index (κ1) is 10.4. The van der Waals surface area contributed by atoms with Crippen LogP contribution >= 0.6 is 0 Å². The van der Waals surface area contributed by atoms with Crippen molar-refractivity contribution in [1.29, 1.82) is 0 Å². The summed E-state index contributed by atoms with van der Waals surface area (Å²) in [6, 6.07) is 8.15. The summed E-state index contributed by atoms with van der Waals surface area (Å²) in [5, 5.41) is 9.21. The van der Waals surface area contributed by atoms with Crippen LogP contribution in [0.2, 0.25) is 0 Å². The average Bonchev–Trinajstić information content (AvgIpc) is 2.67. The van der Waals surface area contributed by atoms with E-state index in [9.17, 15) is 9.90 Å². The van der Waals surface area contributed by atoms with Crippen LogP contribution in [-0.2, 0) is 17.6 Å². The molecule has 1 aromatic carbocycles. The number of aliphatic hydroxyl groups is 1. The second-order valence-corrected chi connectivity index (χ2v) is 4.56. The topological polar surface area (TPSA) is 37.3 Å². The minimum Gasteiger partial charge on any atom is -0.396 e. The van der Waals surface area contributed by atoms with Gasteiger partial charge in [-0.2, -0.15) is 0 Å². The Morgan fingerprint density at radius 3 is 2.33 bits per heavy atom. The van der Waals surface area contributed by atoms with Crippen molar-refractivity contribution in [3.05, 3.63) is 35.4 Å². The molecule has 2 heteroatoms. The molecule has 0 radical (unpaired) electrons. The van der Waals surface area contributed by atoms with E-state index in [1.165, 1.54) is 11.1 Å². The van der Waals surface area contributed by atoms with Crippen LogP contribution in [0.3, 0.4) is 0 Å². The Hall–Kier alpha value is -1.15. The molecule has 1 atom stereocenters. The summed E-state index contributed by atoms with van der Waals surface area (Å²) in [5.41, 5.74) is 2.13. The van der Waals surface area contributed by atoms with Crippen molar-refractivity contribution in [3.63, 3.8) is 0 Å². The maximum absolute atomic E-state index is 11.3. The lowest BCUT2D eigenvalue weighted by Crippen LogP contribution is -2.33. The maximum atomic E-state index is 11.3. The SMILES string of the molecule is CC(CO)C1(C=O)Cc2ccccc2C1. The Bertz CT molecular complexity index is 346. The molecule has 80 valence electrons. The quantitative estimate of drug-likeness (QED) is 0.759. The lowest BCUT2D eigenvalue weighted by molar-refractivity contribution is -0.119.